The van der Waals surface area contributed by atoms with Gasteiger partial charge in [-0.15, -0.1) is 0 Å². The van der Waals surface area contributed by atoms with Gasteiger partial charge in [0.1, 0.15) is 0 Å². The molecule has 0 aliphatic carbocycles. The first-order valence-corrected chi connectivity index (χ1v) is 7.46. The molecule has 0 fully saturated rings. The minimum absolute atomic E-state index is 0.370. The average molecular weight is 228 g/mol. The molecular weight excluding hydrogens is 196 g/mol. The topological polar surface area (TPSA) is 20.2 Å². The Balaban J connectivity index is 3.43. The van der Waals surface area contributed by atoms with E-state index in [0.717, 1.165) is 12.3 Å². The van der Waals surface area contributed by atoms with Crippen LogP contribution in [0.5, 0.6) is 0 Å². The van der Waals surface area contributed by atoms with Crippen LogP contribution in [-0.2, 0) is 0 Å². The lowest BCUT2D eigenvalue weighted by Crippen LogP contribution is -2.00. The zero-order valence-corrected chi connectivity index (χ0v) is 11.5. The number of rotatable bonds is 12. The van der Waals surface area contributed by atoms with Crippen LogP contribution in [0, 0.1) is 5.92 Å². The molecule has 0 aromatic heterocycles. The molecule has 1 unspecified atom stereocenters. The molecule has 0 bridgehead atoms. The SMILES string of the molecule is CCCCCC(CCC)CCCCCCO. The summed E-state index contributed by atoms with van der Waals surface area (Å²) in [6, 6.07) is 0. The first kappa shape index (κ1) is 16.0. The number of aliphatic hydroxyl groups excluding tert-OH is 1. The van der Waals surface area contributed by atoms with Gasteiger partial charge in [-0.2, -0.15) is 0 Å². The summed E-state index contributed by atoms with van der Waals surface area (Å²) < 4.78 is 0. The van der Waals surface area contributed by atoms with Gasteiger partial charge in [-0.05, 0) is 12.3 Å². The second-order valence-corrected chi connectivity index (χ2v) is 5.08. The van der Waals surface area contributed by atoms with E-state index in [1.165, 1.54) is 64.2 Å². The standard InChI is InChI=1S/C15H32O/c1-3-5-8-12-15(11-4-2)13-9-6-7-10-14-16/h15-16H,3-14H2,1-2H3. The van der Waals surface area contributed by atoms with Crippen LogP contribution >= 0.6 is 0 Å². The molecule has 1 nitrogen and oxygen atoms in total. The van der Waals surface area contributed by atoms with E-state index < -0.39 is 0 Å². The van der Waals surface area contributed by atoms with Crippen molar-refractivity contribution in [2.24, 2.45) is 5.92 Å². The molecule has 0 heterocycles. The third-order valence-corrected chi connectivity index (χ3v) is 3.43. The van der Waals surface area contributed by atoms with Gasteiger partial charge in [0.15, 0.2) is 0 Å². The normalized spacial score (nSPS) is 12.9. The predicted octanol–water partition coefficient (Wildman–Crippen LogP) is 4.93. The Morgan fingerprint density at radius 3 is 1.88 bits per heavy atom. The zero-order valence-electron chi connectivity index (χ0n) is 11.5. The quantitative estimate of drug-likeness (QED) is 0.470. The molecule has 0 aromatic carbocycles. The molecule has 0 radical (unpaired) electrons. The fourth-order valence-corrected chi connectivity index (χ4v) is 2.42. The molecule has 0 spiro atoms. The van der Waals surface area contributed by atoms with E-state index in [-0.39, 0.29) is 0 Å². The molecule has 1 atom stereocenters. The first-order chi connectivity index (χ1) is 7.85. The van der Waals surface area contributed by atoms with Gasteiger partial charge in [0.2, 0.25) is 0 Å². The van der Waals surface area contributed by atoms with Crippen LogP contribution in [0.15, 0.2) is 0 Å². The second-order valence-electron chi connectivity index (χ2n) is 5.08. The van der Waals surface area contributed by atoms with Crippen LogP contribution in [0.1, 0.15) is 84.5 Å². The Kier molecular flexibility index (Phi) is 13.0. The maximum Gasteiger partial charge on any atom is 0.0431 e. The van der Waals surface area contributed by atoms with Crippen LogP contribution in [-0.4, -0.2) is 11.7 Å². The molecule has 0 rings (SSSR count). The molecule has 16 heavy (non-hydrogen) atoms. The number of aliphatic hydroxyl groups is 1. The summed E-state index contributed by atoms with van der Waals surface area (Å²) in [6.45, 7) is 4.96. The van der Waals surface area contributed by atoms with E-state index >= 15 is 0 Å². The number of hydrogen-bond acceptors (Lipinski definition) is 1. The first-order valence-electron chi connectivity index (χ1n) is 7.46. The highest BCUT2D eigenvalue weighted by Crippen LogP contribution is 2.22. The van der Waals surface area contributed by atoms with Crippen molar-refractivity contribution in [3.63, 3.8) is 0 Å². The maximum atomic E-state index is 8.70. The third kappa shape index (κ3) is 10.5. The lowest BCUT2D eigenvalue weighted by atomic mass is 9.91. The van der Waals surface area contributed by atoms with Crippen molar-refractivity contribution in [3.05, 3.63) is 0 Å². The largest absolute Gasteiger partial charge is 0.396 e. The van der Waals surface area contributed by atoms with E-state index in [2.05, 4.69) is 13.8 Å². The maximum absolute atomic E-state index is 8.70. The molecule has 0 aliphatic rings. The molecule has 98 valence electrons. The van der Waals surface area contributed by atoms with Crippen molar-refractivity contribution >= 4 is 0 Å². The van der Waals surface area contributed by atoms with Crippen LogP contribution in [0.25, 0.3) is 0 Å². The molecular formula is C15H32O. The van der Waals surface area contributed by atoms with Gasteiger partial charge < -0.3 is 5.11 Å². The van der Waals surface area contributed by atoms with E-state index in [1.807, 2.05) is 0 Å². The van der Waals surface area contributed by atoms with Crippen molar-refractivity contribution in [1.82, 2.24) is 0 Å². The summed E-state index contributed by atoms with van der Waals surface area (Å²) in [6.07, 6.45) is 14.7. The van der Waals surface area contributed by atoms with E-state index in [9.17, 15) is 0 Å². The van der Waals surface area contributed by atoms with Gasteiger partial charge >= 0.3 is 0 Å². The summed E-state index contributed by atoms with van der Waals surface area (Å²) in [5.41, 5.74) is 0. The van der Waals surface area contributed by atoms with Gasteiger partial charge in [0.25, 0.3) is 0 Å². The Morgan fingerprint density at radius 2 is 1.31 bits per heavy atom. The van der Waals surface area contributed by atoms with E-state index in [4.69, 9.17) is 5.11 Å². The van der Waals surface area contributed by atoms with Crippen molar-refractivity contribution in [2.75, 3.05) is 6.61 Å². The summed E-state index contributed by atoms with van der Waals surface area (Å²) in [4.78, 5) is 0. The highest BCUT2D eigenvalue weighted by molar-refractivity contribution is 4.60. The molecule has 0 aliphatic heterocycles. The fraction of sp³-hybridized carbons (Fsp3) is 1.00. The molecule has 0 amide bonds. The fourth-order valence-electron chi connectivity index (χ4n) is 2.42. The highest BCUT2D eigenvalue weighted by atomic mass is 16.2. The Hall–Kier alpha value is -0.0400. The summed E-state index contributed by atoms with van der Waals surface area (Å²) in [5, 5.41) is 8.70. The lowest BCUT2D eigenvalue weighted by molar-refractivity contribution is 0.280. The average Bonchev–Trinajstić information content (AvgIpc) is 2.29. The highest BCUT2D eigenvalue weighted by Gasteiger charge is 2.06. The van der Waals surface area contributed by atoms with Crippen molar-refractivity contribution in [3.8, 4) is 0 Å². The number of hydrogen-bond donors (Lipinski definition) is 1. The Labute approximate surface area is 103 Å². The van der Waals surface area contributed by atoms with Crippen molar-refractivity contribution in [1.29, 1.82) is 0 Å². The lowest BCUT2D eigenvalue weighted by Gasteiger charge is -2.15. The molecule has 0 saturated carbocycles. The Bertz CT molecular complexity index is 123. The number of unbranched alkanes of at least 4 members (excludes halogenated alkanes) is 5. The van der Waals surface area contributed by atoms with Crippen LogP contribution < -0.4 is 0 Å². The van der Waals surface area contributed by atoms with Gasteiger partial charge in [-0.3, -0.25) is 0 Å². The monoisotopic (exact) mass is 228 g/mol. The van der Waals surface area contributed by atoms with Crippen LogP contribution in [0.2, 0.25) is 0 Å². The summed E-state index contributed by atoms with van der Waals surface area (Å²) in [5.74, 6) is 0.977. The van der Waals surface area contributed by atoms with Gasteiger partial charge in [0, 0.05) is 6.61 Å². The van der Waals surface area contributed by atoms with Crippen LogP contribution in [0.4, 0.5) is 0 Å². The Morgan fingerprint density at radius 1 is 0.688 bits per heavy atom. The second kappa shape index (κ2) is 13.0. The predicted molar refractivity (Wildman–Crippen MR) is 72.7 cm³/mol. The zero-order chi connectivity index (χ0) is 12.1. The summed E-state index contributed by atoms with van der Waals surface area (Å²) >= 11 is 0. The van der Waals surface area contributed by atoms with E-state index in [0.29, 0.717) is 6.61 Å². The van der Waals surface area contributed by atoms with Gasteiger partial charge in [0.05, 0.1) is 0 Å². The molecule has 1 N–H and O–H groups in total. The van der Waals surface area contributed by atoms with Crippen molar-refractivity contribution in [2.45, 2.75) is 84.5 Å². The minimum atomic E-state index is 0.370. The van der Waals surface area contributed by atoms with Gasteiger partial charge in [-0.25, -0.2) is 0 Å². The summed E-state index contributed by atoms with van der Waals surface area (Å²) in [7, 11) is 0. The third-order valence-electron chi connectivity index (χ3n) is 3.43. The smallest absolute Gasteiger partial charge is 0.0431 e. The van der Waals surface area contributed by atoms with E-state index in [1.54, 1.807) is 0 Å². The minimum Gasteiger partial charge on any atom is -0.396 e. The van der Waals surface area contributed by atoms with Crippen LogP contribution in [0.3, 0.4) is 0 Å². The van der Waals surface area contributed by atoms with Gasteiger partial charge in [-0.1, -0.05) is 78.1 Å². The van der Waals surface area contributed by atoms with Crippen molar-refractivity contribution < 1.29 is 5.11 Å². The molecule has 0 aromatic rings. The molecule has 0 saturated heterocycles. The molecule has 1 heteroatoms.